The Labute approximate surface area is 99.6 Å². The number of nitrogens with two attached hydrogens (primary N) is 1. The Morgan fingerprint density at radius 3 is 2.62 bits per heavy atom. The van der Waals surface area contributed by atoms with Crippen LogP contribution in [0.5, 0.6) is 0 Å². The molecule has 0 aromatic carbocycles. The van der Waals surface area contributed by atoms with Gasteiger partial charge in [0.15, 0.2) is 0 Å². The monoisotopic (exact) mass is 229 g/mol. The van der Waals surface area contributed by atoms with Gasteiger partial charge < -0.3 is 16.0 Å². The van der Waals surface area contributed by atoms with Gasteiger partial charge >= 0.3 is 0 Å². The van der Waals surface area contributed by atoms with Crippen molar-refractivity contribution in [1.29, 1.82) is 0 Å². The van der Waals surface area contributed by atoms with E-state index in [-0.39, 0.29) is 5.91 Å². The van der Waals surface area contributed by atoms with Crippen LogP contribution in [-0.2, 0) is 4.79 Å². The van der Waals surface area contributed by atoms with Crippen LogP contribution in [0.25, 0.3) is 0 Å². The van der Waals surface area contributed by atoms with Gasteiger partial charge in [-0.3, -0.25) is 4.79 Å². The molecule has 1 atom stereocenters. The number of amides is 1. The highest BCUT2D eigenvalue weighted by Crippen LogP contribution is 2.02. The Morgan fingerprint density at radius 2 is 2.06 bits per heavy atom. The Hall–Kier alpha value is -0.610. The van der Waals surface area contributed by atoms with E-state index in [1.807, 2.05) is 0 Å². The van der Waals surface area contributed by atoms with Crippen molar-refractivity contribution in [2.24, 2.45) is 11.7 Å². The van der Waals surface area contributed by atoms with Crippen LogP contribution in [0, 0.1) is 5.92 Å². The summed E-state index contributed by atoms with van der Waals surface area (Å²) >= 11 is 0. The van der Waals surface area contributed by atoms with E-state index in [2.05, 4.69) is 31.2 Å². The largest absolute Gasteiger partial charge is 0.356 e. The molecule has 0 aliphatic carbocycles. The van der Waals surface area contributed by atoms with Crippen molar-refractivity contribution >= 4 is 5.91 Å². The maximum absolute atomic E-state index is 11.4. The molecule has 0 spiro atoms. The molecule has 16 heavy (non-hydrogen) atoms. The third-order valence-electron chi connectivity index (χ3n) is 2.62. The first-order valence-electron chi connectivity index (χ1n) is 6.17. The van der Waals surface area contributed by atoms with Gasteiger partial charge in [-0.2, -0.15) is 0 Å². The molecule has 0 aliphatic heterocycles. The van der Waals surface area contributed by atoms with E-state index in [9.17, 15) is 4.79 Å². The van der Waals surface area contributed by atoms with Gasteiger partial charge in [-0.05, 0) is 52.4 Å². The molecule has 0 heterocycles. The van der Waals surface area contributed by atoms with Crippen molar-refractivity contribution in [2.75, 3.05) is 33.7 Å². The molecule has 0 aliphatic rings. The highest BCUT2D eigenvalue weighted by Gasteiger charge is 2.04. The molecular formula is C12H27N3O. The summed E-state index contributed by atoms with van der Waals surface area (Å²) in [6.07, 6.45) is 3.68. The van der Waals surface area contributed by atoms with Crippen molar-refractivity contribution in [3.8, 4) is 0 Å². The van der Waals surface area contributed by atoms with Crippen LogP contribution in [0.15, 0.2) is 0 Å². The van der Waals surface area contributed by atoms with Crippen LogP contribution in [0.2, 0.25) is 0 Å². The Kier molecular flexibility index (Phi) is 9.24. The van der Waals surface area contributed by atoms with Crippen molar-refractivity contribution < 1.29 is 4.79 Å². The van der Waals surface area contributed by atoms with E-state index in [1.54, 1.807) is 0 Å². The summed E-state index contributed by atoms with van der Waals surface area (Å²) in [6.45, 7) is 4.62. The second-order valence-electron chi connectivity index (χ2n) is 4.74. The second-order valence-corrected chi connectivity index (χ2v) is 4.74. The lowest BCUT2D eigenvalue weighted by Crippen LogP contribution is -2.26. The molecule has 0 rings (SSSR count). The average molecular weight is 229 g/mol. The number of nitrogens with one attached hydrogen (secondary N) is 1. The minimum atomic E-state index is 0.158. The molecule has 0 saturated heterocycles. The zero-order chi connectivity index (χ0) is 12.4. The predicted molar refractivity (Wildman–Crippen MR) is 68.3 cm³/mol. The van der Waals surface area contributed by atoms with Gasteiger partial charge in [0.25, 0.3) is 0 Å². The van der Waals surface area contributed by atoms with Crippen LogP contribution in [0.1, 0.15) is 32.6 Å². The maximum Gasteiger partial charge on any atom is 0.220 e. The third-order valence-corrected chi connectivity index (χ3v) is 2.62. The molecule has 0 bridgehead atoms. The van der Waals surface area contributed by atoms with Crippen molar-refractivity contribution in [2.45, 2.75) is 32.6 Å². The predicted octanol–water partition coefficient (Wildman–Crippen LogP) is 0.819. The molecule has 96 valence electrons. The van der Waals surface area contributed by atoms with Crippen LogP contribution in [0.3, 0.4) is 0 Å². The fourth-order valence-electron chi connectivity index (χ4n) is 1.36. The van der Waals surface area contributed by atoms with Crippen LogP contribution in [0.4, 0.5) is 0 Å². The topological polar surface area (TPSA) is 58.4 Å². The summed E-state index contributed by atoms with van der Waals surface area (Å²) < 4.78 is 0. The average Bonchev–Trinajstić information content (AvgIpc) is 2.24. The number of hydrogen-bond acceptors (Lipinski definition) is 3. The van der Waals surface area contributed by atoms with E-state index < -0.39 is 0 Å². The first-order valence-corrected chi connectivity index (χ1v) is 6.17. The zero-order valence-electron chi connectivity index (χ0n) is 11.0. The van der Waals surface area contributed by atoms with Gasteiger partial charge in [0.2, 0.25) is 5.91 Å². The van der Waals surface area contributed by atoms with Gasteiger partial charge in [0.05, 0.1) is 0 Å². The van der Waals surface area contributed by atoms with Crippen LogP contribution >= 0.6 is 0 Å². The van der Waals surface area contributed by atoms with Gasteiger partial charge in [-0.25, -0.2) is 0 Å². The lowest BCUT2D eigenvalue weighted by Gasteiger charge is -2.10. The summed E-state index contributed by atoms with van der Waals surface area (Å²) in [6, 6.07) is 0. The molecule has 4 nitrogen and oxygen atoms in total. The normalized spacial score (nSPS) is 12.8. The van der Waals surface area contributed by atoms with Gasteiger partial charge in [-0.15, -0.1) is 0 Å². The smallest absolute Gasteiger partial charge is 0.220 e. The zero-order valence-corrected chi connectivity index (χ0v) is 11.0. The number of nitrogens with zero attached hydrogens (tertiary/aromatic N) is 1. The first kappa shape index (κ1) is 15.4. The fraction of sp³-hybridized carbons (Fsp3) is 0.917. The molecule has 0 saturated carbocycles. The Morgan fingerprint density at radius 1 is 1.38 bits per heavy atom. The van der Waals surface area contributed by atoms with E-state index in [4.69, 9.17) is 5.73 Å². The molecule has 4 heteroatoms. The van der Waals surface area contributed by atoms with Gasteiger partial charge in [0.1, 0.15) is 0 Å². The molecular weight excluding hydrogens is 202 g/mol. The number of carbonyl (C=O) groups is 1. The highest BCUT2D eigenvalue weighted by atomic mass is 16.1. The quantitative estimate of drug-likeness (QED) is 0.576. The molecule has 0 aromatic heterocycles. The van der Waals surface area contributed by atoms with E-state index in [1.165, 1.54) is 0 Å². The lowest BCUT2D eigenvalue weighted by atomic mass is 10.1. The molecule has 3 N–H and O–H groups in total. The van der Waals surface area contributed by atoms with E-state index in [0.717, 1.165) is 32.4 Å². The molecule has 0 radical (unpaired) electrons. The number of hydrogen-bond donors (Lipinski definition) is 2. The number of rotatable bonds is 9. The molecule has 0 aromatic rings. The van der Waals surface area contributed by atoms with Crippen LogP contribution < -0.4 is 11.1 Å². The van der Waals surface area contributed by atoms with Crippen molar-refractivity contribution in [3.63, 3.8) is 0 Å². The van der Waals surface area contributed by atoms with E-state index >= 15 is 0 Å². The first-order chi connectivity index (χ1) is 7.56. The van der Waals surface area contributed by atoms with E-state index in [0.29, 0.717) is 18.9 Å². The Balaban J connectivity index is 3.30. The van der Waals surface area contributed by atoms with Crippen molar-refractivity contribution in [1.82, 2.24) is 10.2 Å². The maximum atomic E-state index is 11.4. The van der Waals surface area contributed by atoms with Crippen molar-refractivity contribution in [3.05, 3.63) is 0 Å². The number of carbonyl (C=O) groups excluding carboxylic acids is 1. The summed E-state index contributed by atoms with van der Waals surface area (Å²) in [5, 5.41) is 2.94. The summed E-state index contributed by atoms with van der Waals surface area (Å²) in [5.41, 5.74) is 5.49. The lowest BCUT2D eigenvalue weighted by molar-refractivity contribution is -0.121. The minimum Gasteiger partial charge on any atom is -0.356 e. The molecule has 0 fully saturated rings. The Bertz CT molecular complexity index is 183. The van der Waals surface area contributed by atoms with Gasteiger partial charge in [0, 0.05) is 13.0 Å². The fourth-order valence-corrected chi connectivity index (χ4v) is 1.36. The van der Waals surface area contributed by atoms with Gasteiger partial charge in [-0.1, -0.05) is 6.92 Å². The summed E-state index contributed by atoms with van der Waals surface area (Å²) in [5.74, 6) is 0.602. The standard InChI is InChI=1S/C12H27N3O/c1-11(10-13)6-7-12(16)14-8-4-5-9-15(2)3/h11H,4-10,13H2,1-3H3,(H,14,16). The SMILES string of the molecule is CC(CN)CCC(=O)NCCCCN(C)C. The molecule has 1 unspecified atom stereocenters. The third kappa shape index (κ3) is 9.93. The second kappa shape index (κ2) is 9.60. The highest BCUT2D eigenvalue weighted by molar-refractivity contribution is 5.75. The minimum absolute atomic E-state index is 0.158. The summed E-state index contributed by atoms with van der Waals surface area (Å²) in [4.78, 5) is 13.6. The number of unbranched alkanes of at least 4 members (excludes halogenated alkanes) is 1. The summed E-state index contributed by atoms with van der Waals surface area (Å²) in [7, 11) is 4.12. The molecule has 1 amide bonds. The van der Waals surface area contributed by atoms with Crippen LogP contribution in [-0.4, -0.2) is 44.5 Å².